The van der Waals surface area contributed by atoms with E-state index in [0.29, 0.717) is 13.0 Å². The van der Waals surface area contributed by atoms with E-state index in [9.17, 15) is 0 Å². The number of aryl methyl sites for hydroxylation is 1. The average Bonchev–Trinajstić information content (AvgIpc) is 2.15. The van der Waals surface area contributed by atoms with Crippen molar-refractivity contribution in [3.05, 3.63) is 29.3 Å². The average molecular weight is 234 g/mol. The van der Waals surface area contributed by atoms with E-state index in [2.05, 4.69) is 32.9 Å². The maximum atomic E-state index is 7.18. The highest BCUT2D eigenvalue weighted by molar-refractivity contribution is 5.76. The molecule has 0 fully saturated rings. The van der Waals surface area contributed by atoms with E-state index < -0.39 is 0 Å². The smallest absolute Gasteiger partial charge is 0.123 e. The highest BCUT2D eigenvalue weighted by atomic mass is 16.5. The Kier molecular flexibility index (Phi) is 4.16. The largest absolute Gasteiger partial charge is 0.493 e. The van der Waals surface area contributed by atoms with Gasteiger partial charge in [-0.1, -0.05) is 32.9 Å². The van der Waals surface area contributed by atoms with E-state index in [0.717, 1.165) is 5.75 Å². The second kappa shape index (κ2) is 5.21. The molecule has 1 aromatic rings. The molecule has 0 aliphatic rings. The van der Waals surface area contributed by atoms with Crippen LogP contribution in [0.25, 0.3) is 0 Å². The number of ether oxygens (including phenoxy) is 1. The first-order valence-corrected chi connectivity index (χ1v) is 5.87. The van der Waals surface area contributed by atoms with E-state index in [1.165, 1.54) is 11.1 Å². The molecule has 0 aliphatic carbocycles. The Hall–Kier alpha value is -1.51. The summed E-state index contributed by atoms with van der Waals surface area (Å²) >= 11 is 0. The van der Waals surface area contributed by atoms with E-state index >= 15 is 0 Å². The molecule has 0 amide bonds. The van der Waals surface area contributed by atoms with Crippen LogP contribution >= 0.6 is 0 Å². The van der Waals surface area contributed by atoms with Crippen LogP contribution in [0, 0.1) is 12.3 Å². The van der Waals surface area contributed by atoms with Crippen molar-refractivity contribution in [1.29, 1.82) is 5.41 Å². The molecular weight excluding hydrogens is 212 g/mol. The molecule has 0 aliphatic heterocycles. The normalized spacial score (nSPS) is 11.3. The van der Waals surface area contributed by atoms with Gasteiger partial charge in [-0.3, -0.25) is 5.41 Å². The van der Waals surface area contributed by atoms with Crippen molar-refractivity contribution in [2.75, 3.05) is 6.61 Å². The fourth-order valence-electron chi connectivity index (χ4n) is 1.64. The number of nitrogens with one attached hydrogen (secondary N) is 1. The minimum Gasteiger partial charge on any atom is -0.493 e. The van der Waals surface area contributed by atoms with Gasteiger partial charge < -0.3 is 10.5 Å². The zero-order chi connectivity index (χ0) is 13.1. The minimum absolute atomic E-state index is 0.0548. The summed E-state index contributed by atoms with van der Waals surface area (Å²) in [5, 5.41) is 7.18. The summed E-state index contributed by atoms with van der Waals surface area (Å²) in [6.45, 7) is 8.99. The van der Waals surface area contributed by atoms with Crippen molar-refractivity contribution in [1.82, 2.24) is 0 Å². The first-order chi connectivity index (χ1) is 7.80. The third-order valence-corrected chi connectivity index (χ3v) is 2.57. The first kappa shape index (κ1) is 13.6. The Morgan fingerprint density at radius 2 is 2.00 bits per heavy atom. The van der Waals surface area contributed by atoms with Gasteiger partial charge in [0.25, 0.3) is 0 Å². The number of amidine groups is 1. The predicted octanol–water partition coefficient (Wildman–Crippen LogP) is 3.00. The van der Waals surface area contributed by atoms with Crippen LogP contribution in [-0.2, 0) is 5.41 Å². The Bertz CT molecular complexity index is 405. The van der Waals surface area contributed by atoms with Gasteiger partial charge in [-0.2, -0.15) is 0 Å². The molecule has 0 spiro atoms. The molecule has 3 N–H and O–H groups in total. The third kappa shape index (κ3) is 4.10. The van der Waals surface area contributed by atoms with Gasteiger partial charge in [0.2, 0.25) is 0 Å². The Morgan fingerprint density at radius 1 is 1.35 bits per heavy atom. The molecular formula is C14H22N2O. The highest BCUT2D eigenvalue weighted by Crippen LogP contribution is 2.32. The Morgan fingerprint density at radius 3 is 2.53 bits per heavy atom. The van der Waals surface area contributed by atoms with E-state index in [1.54, 1.807) is 0 Å². The van der Waals surface area contributed by atoms with Gasteiger partial charge in [0, 0.05) is 6.42 Å². The highest BCUT2D eigenvalue weighted by Gasteiger charge is 2.18. The maximum absolute atomic E-state index is 7.18. The lowest BCUT2D eigenvalue weighted by atomic mass is 9.86. The van der Waals surface area contributed by atoms with Crippen LogP contribution in [0.4, 0.5) is 0 Å². The summed E-state index contributed by atoms with van der Waals surface area (Å²) in [7, 11) is 0. The minimum atomic E-state index is 0.0548. The molecule has 0 aromatic heterocycles. The topological polar surface area (TPSA) is 59.1 Å². The van der Waals surface area contributed by atoms with Crippen LogP contribution in [0.5, 0.6) is 5.75 Å². The van der Waals surface area contributed by atoms with Gasteiger partial charge in [0.1, 0.15) is 5.75 Å². The van der Waals surface area contributed by atoms with Gasteiger partial charge in [-0.15, -0.1) is 0 Å². The molecule has 0 saturated carbocycles. The lowest BCUT2D eigenvalue weighted by molar-refractivity contribution is 0.319. The van der Waals surface area contributed by atoms with Gasteiger partial charge in [-0.25, -0.2) is 0 Å². The van der Waals surface area contributed by atoms with Crippen molar-refractivity contribution in [3.8, 4) is 5.75 Å². The maximum Gasteiger partial charge on any atom is 0.123 e. The summed E-state index contributed by atoms with van der Waals surface area (Å²) in [6.07, 6.45) is 0.470. The molecule has 0 unspecified atom stereocenters. The van der Waals surface area contributed by atoms with Crippen LogP contribution in [0.3, 0.4) is 0 Å². The molecule has 3 nitrogen and oxygen atoms in total. The van der Waals surface area contributed by atoms with Crippen molar-refractivity contribution >= 4 is 5.84 Å². The molecule has 0 bridgehead atoms. The van der Waals surface area contributed by atoms with Gasteiger partial charge in [-0.05, 0) is 29.5 Å². The van der Waals surface area contributed by atoms with Crippen molar-refractivity contribution in [3.63, 3.8) is 0 Å². The number of nitrogens with two attached hydrogens (primary N) is 1. The zero-order valence-electron chi connectivity index (χ0n) is 11.1. The lowest BCUT2D eigenvalue weighted by Gasteiger charge is -2.23. The van der Waals surface area contributed by atoms with Crippen molar-refractivity contribution in [2.45, 2.75) is 39.5 Å². The summed E-state index contributed by atoms with van der Waals surface area (Å²) in [5.41, 5.74) is 7.73. The van der Waals surface area contributed by atoms with Crippen LogP contribution in [-0.4, -0.2) is 12.4 Å². The molecule has 1 rings (SSSR count). The first-order valence-electron chi connectivity index (χ1n) is 5.87. The lowest BCUT2D eigenvalue weighted by Crippen LogP contribution is -2.17. The molecule has 0 saturated heterocycles. The number of rotatable bonds is 4. The molecule has 0 heterocycles. The van der Waals surface area contributed by atoms with Crippen LogP contribution in [0.1, 0.15) is 38.3 Å². The number of hydrogen-bond acceptors (Lipinski definition) is 2. The van der Waals surface area contributed by atoms with Crippen LogP contribution in [0.15, 0.2) is 18.2 Å². The summed E-state index contributed by atoms with van der Waals surface area (Å²) < 4.78 is 5.73. The molecule has 94 valence electrons. The van der Waals surface area contributed by atoms with Crippen LogP contribution in [0.2, 0.25) is 0 Å². The molecule has 3 heteroatoms. The van der Waals surface area contributed by atoms with E-state index in [-0.39, 0.29) is 11.3 Å². The van der Waals surface area contributed by atoms with Gasteiger partial charge >= 0.3 is 0 Å². The van der Waals surface area contributed by atoms with E-state index in [1.807, 2.05) is 13.0 Å². The number of hydrogen-bond donors (Lipinski definition) is 2. The quantitative estimate of drug-likeness (QED) is 0.621. The van der Waals surface area contributed by atoms with Crippen molar-refractivity contribution in [2.24, 2.45) is 5.73 Å². The van der Waals surface area contributed by atoms with Crippen molar-refractivity contribution < 1.29 is 4.74 Å². The fourth-order valence-corrected chi connectivity index (χ4v) is 1.64. The van der Waals surface area contributed by atoms with Gasteiger partial charge in [0.15, 0.2) is 0 Å². The molecule has 1 aromatic carbocycles. The fraction of sp³-hybridized carbons (Fsp3) is 0.500. The predicted molar refractivity (Wildman–Crippen MR) is 71.9 cm³/mol. The summed E-state index contributed by atoms with van der Waals surface area (Å²) in [5.74, 6) is 1.06. The third-order valence-electron chi connectivity index (χ3n) is 2.57. The molecule has 0 atom stereocenters. The van der Waals surface area contributed by atoms with Gasteiger partial charge in [0.05, 0.1) is 12.4 Å². The SMILES string of the molecule is Cc1ccc(C(C)(C)C)c(OCCC(=N)N)c1. The summed E-state index contributed by atoms with van der Waals surface area (Å²) in [6, 6.07) is 6.25. The Labute approximate surface area is 103 Å². The molecule has 0 radical (unpaired) electrons. The standard InChI is InChI=1S/C14H22N2O/c1-10-5-6-11(14(2,3)4)12(9-10)17-8-7-13(15)16/h5-6,9H,7-8H2,1-4H3,(H3,15,16). The molecule has 17 heavy (non-hydrogen) atoms. The second-order valence-corrected chi connectivity index (χ2v) is 5.37. The number of benzene rings is 1. The Balaban J connectivity index is 2.88. The monoisotopic (exact) mass is 234 g/mol. The van der Waals surface area contributed by atoms with Crippen LogP contribution < -0.4 is 10.5 Å². The summed E-state index contributed by atoms with van der Waals surface area (Å²) in [4.78, 5) is 0. The van der Waals surface area contributed by atoms with E-state index in [4.69, 9.17) is 15.9 Å². The zero-order valence-corrected chi connectivity index (χ0v) is 11.1. The second-order valence-electron chi connectivity index (χ2n) is 5.37.